The van der Waals surface area contributed by atoms with Crippen LogP contribution in [0.5, 0.6) is 5.75 Å². The van der Waals surface area contributed by atoms with E-state index in [1.165, 1.54) is 0 Å². The third-order valence-corrected chi connectivity index (χ3v) is 3.96. The van der Waals surface area contributed by atoms with Gasteiger partial charge in [-0.2, -0.15) is 0 Å². The summed E-state index contributed by atoms with van der Waals surface area (Å²) < 4.78 is 7.03. The SMILES string of the molecule is CCNC(C)c1cc(Br)ccc1OCc1cccc(Cl)c1. The molecule has 0 radical (unpaired) electrons. The average Bonchev–Trinajstić information content (AvgIpc) is 2.46. The molecule has 0 heterocycles. The van der Waals surface area contributed by atoms with E-state index in [1.54, 1.807) is 0 Å². The number of hydrogen-bond donors (Lipinski definition) is 1. The lowest BCUT2D eigenvalue weighted by Crippen LogP contribution is -2.18. The first-order valence-corrected chi connectivity index (χ1v) is 8.17. The van der Waals surface area contributed by atoms with Crippen molar-refractivity contribution >= 4 is 27.5 Å². The van der Waals surface area contributed by atoms with Crippen molar-refractivity contribution in [2.24, 2.45) is 0 Å². The summed E-state index contributed by atoms with van der Waals surface area (Å²) in [5.41, 5.74) is 2.21. The zero-order valence-electron chi connectivity index (χ0n) is 12.2. The van der Waals surface area contributed by atoms with Gasteiger partial charge in [0.1, 0.15) is 12.4 Å². The minimum Gasteiger partial charge on any atom is -0.489 e. The highest BCUT2D eigenvalue weighted by Gasteiger charge is 2.11. The Labute approximate surface area is 139 Å². The van der Waals surface area contributed by atoms with Gasteiger partial charge in [-0.1, -0.05) is 46.6 Å². The second-order valence-electron chi connectivity index (χ2n) is 4.88. The predicted octanol–water partition coefficient (Wildman–Crippen LogP) is 5.35. The molecule has 0 spiro atoms. The lowest BCUT2D eigenvalue weighted by Gasteiger charge is -2.18. The van der Waals surface area contributed by atoms with Crippen LogP contribution in [0.1, 0.15) is 31.0 Å². The van der Waals surface area contributed by atoms with E-state index >= 15 is 0 Å². The molecule has 0 aliphatic heterocycles. The predicted molar refractivity (Wildman–Crippen MR) is 92.0 cm³/mol. The normalized spacial score (nSPS) is 12.2. The first-order chi connectivity index (χ1) is 10.1. The van der Waals surface area contributed by atoms with E-state index in [4.69, 9.17) is 16.3 Å². The smallest absolute Gasteiger partial charge is 0.124 e. The Kier molecular flexibility index (Phi) is 6.09. The molecule has 112 valence electrons. The molecule has 2 nitrogen and oxygen atoms in total. The highest BCUT2D eigenvalue weighted by Crippen LogP contribution is 2.29. The van der Waals surface area contributed by atoms with E-state index < -0.39 is 0 Å². The number of nitrogens with one attached hydrogen (secondary N) is 1. The second-order valence-corrected chi connectivity index (χ2v) is 6.23. The Morgan fingerprint density at radius 2 is 2.05 bits per heavy atom. The van der Waals surface area contributed by atoms with Gasteiger partial charge in [-0.05, 0) is 49.4 Å². The highest BCUT2D eigenvalue weighted by molar-refractivity contribution is 9.10. The maximum absolute atomic E-state index is 6.00. The lowest BCUT2D eigenvalue weighted by molar-refractivity contribution is 0.300. The molecule has 0 saturated carbocycles. The molecule has 2 rings (SSSR count). The number of ether oxygens (including phenoxy) is 1. The van der Waals surface area contributed by atoms with Gasteiger partial charge in [-0.25, -0.2) is 0 Å². The number of rotatable bonds is 6. The van der Waals surface area contributed by atoms with Gasteiger partial charge < -0.3 is 10.1 Å². The lowest BCUT2D eigenvalue weighted by atomic mass is 10.1. The fraction of sp³-hybridized carbons (Fsp3) is 0.294. The van der Waals surface area contributed by atoms with Crippen LogP contribution in [0.4, 0.5) is 0 Å². The minimum atomic E-state index is 0.238. The Morgan fingerprint density at radius 1 is 1.24 bits per heavy atom. The summed E-state index contributed by atoms with van der Waals surface area (Å²) in [7, 11) is 0. The molecule has 2 aromatic rings. The summed E-state index contributed by atoms with van der Waals surface area (Å²) in [5.74, 6) is 0.895. The van der Waals surface area contributed by atoms with Crippen molar-refractivity contribution in [3.63, 3.8) is 0 Å². The highest BCUT2D eigenvalue weighted by atomic mass is 79.9. The quantitative estimate of drug-likeness (QED) is 0.742. The molecule has 0 aliphatic rings. The first-order valence-electron chi connectivity index (χ1n) is 7.00. The van der Waals surface area contributed by atoms with E-state index in [2.05, 4.69) is 41.2 Å². The summed E-state index contributed by atoms with van der Waals surface area (Å²) in [6, 6.07) is 14.1. The standard InChI is InChI=1S/C17H19BrClNO/c1-3-20-12(2)16-10-14(18)7-8-17(16)21-11-13-5-4-6-15(19)9-13/h4-10,12,20H,3,11H2,1-2H3. The van der Waals surface area contributed by atoms with Crippen LogP contribution in [0.15, 0.2) is 46.9 Å². The zero-order valence-corrected chi connectivity index (χ0v) is 14.5. The number of halogens is 2. The van der Waals surface area contributed by atoms with E-state index in [9.17, 15) is 0 Å². The van der Waals surface area contributed by atoms with E-state index in [1.807, 2.05) is 36.4 Å². The van der Waals surface area contributed by atoms with Gasteiger partial charge >= 0.3 is 0 Å². The van der Waals surface area contributed by atoms with E-state index in [-0.39, 0.29) is 6.04 Å². The fourth-order valence-electron chi connectivity index (χ4n) is 2.19. The molecule has 0 fully saturated rings. The Hall–Kier alpha value is -1.03. The van der Waals surface area contributed by atoms with E-state index in [0.29, 0.717) is 6.61 Å². The Morgan fingerprint density at radius 3 is 2.76 bits per heavy atom. The van der Waals surface area contributed by atoms with Crippen LogP contribution in [0.2, 0.25) is 5.02 Å². The van der Waals surface area contributed by atoms with Gasteiger partial charge in [-0.3, -0.25) is 0 Å². The molecule has 0 aromatic heterocycles. The molecule has 2 aromatic carbocycles. The molecular formula is C17H19BrClNO. The monoisotopic (exact) mass is 367 g/mol. The summed E-state index contributed by atoms with van der Waals surface area (Å²) >= 11 is 9.52. The minimum absolute atomic E-state index is 0.238. The van der Waals surface area contributed by atoms with Crippen LogP contribution in [-0.4, -0.2) is 6.54 Å². The summed E-state index contributed by atoms with van der Waals surface area (Å²) in [5, 5.41) is 4.14. The molecule has 1 atom stereocenters. The second kappa shape index (κ2) is 7.83. The average molecular weight is 369 g/mol. The maximum Gasteiger partial charge on any atom is 0.124 e. The van der Waals surface area contributed by atoms with Gasteiger partial charge in [-0.15, -0.1) is 0 Å². The van der Waals surface area contributed by atoms with Gasteiger partial charge in [0, 0.05) is 21.1 Å². The van der Waals surface area contributed by atoms with Crippen LogP contribution in [0.3, 0.4) is 0 Å². The third-order valence-electron chi connectivity index (χ3n) is 3.23. The van der Waals surface area contributed by atoms with Crippen LogP contribution >= 0.6 is 27.5 Å². The Balaban J connectivity index is 2.15. The van der Waals surface area contributed by atoms with Crippen LogP contribution < -0.4 is 10.1 Å². The number of benzene rings is 2. The molecular weight excluding hydrogens is 350 g/mol. The topological polar surface area (TPSA) is 21.3 Å². The third kappa shape index (κ3) is 4.73. The molecule has 4 heteroatoms. The van der Waals surface area contributed by atoms with Gasteiger partial charge in [0.2, 0.25) is 0 Å². The summed E-state index contributed by atoms with van der Waals surface area (Å²) in [4.78, 5) is 0. The first kappa shape index (κ1) is 16.3. The molecule has 0 amide bonds. The largest absolute Gasteiger partial charge is 0.489 e. The molecule has 1 unspecified atom stereocenters. The summed E-state index contributed by atoms with van der Waals surface area (Å²) in [6.45, 7) is 5.66. The van der Waals surface area contributed by atoms with Crippen molar-refractivity contribution in [3.8, 4) is 5.75 Å². The molecule has 21 heavy (non-hydrogen) atoms. The van der Waals surface area contributed by atoms with Crippen molar-refractivity contribution in [1.29, 1.82) is 0 Å². The molecule has 1 N–H and O–H groups in total. The summed E-state index contributed by atoms with van der Waals surface area (Å²) in [6.07, 6.45) is 0. The Bertz CT molecular complexity index is 603. The van der Waals surface area contributed by atoms with Crippen molar-refractivity contribution < 1.29 is 4.74 Å². The van der Waals surface area contributed by atoms with Crippen molar-refractivity contribution in [1.82, 2.24) is 5.32 Å². The van der Waals surface area contributed by atoms with E-state index in [0.717, 1.165) is 32.9 Å². The van der Waals surface area contributed by atoms with Crippen LogP contribution in [0.25, 0.3) is 0 Å². The maximum atomic E-state index is 6.00. The van der Waals surface area contributed by atoms with Crippen LogP contribution in [-0.2, 0) is 6.61 Å². The molecule has 0 bridgehead atoms. The molecule has 0 saturated heterocycles. The fourth-order valence-corrected chi connectivity index (χ4v) is 2.78. The van der Waals surface area contributed by atoms with Gasteiger partial charge in [0.05, 0.1) is 0 Å². The van der Waals surface area contributed by atoms with Crippen molar-refractivity contribution in [2.45, 2.75) is 26.5 Å². The zero-order chi connectivity index (χ0) is 15.2. The number of hydrogen-bond acceptors (Lipinski definition) is 2. The van der Waals surface area contributed by atoms with Crippen molar-refractivity contribution in [2.75, 3.05) is 6.54 Å². The van der Waals surface area contributed by atoms with Crippen molar-refractivity contribution in [3.05, 3.63) is 63.1 Å². The molecule has 0 aliphatic carbocycles. The van der Waals surface area contributed by atoms with Gasteiger partial charge in [0.15, 0.2) is 0 Å². The van der Waals surface area contributed by atoms with Gasteiger partial charge in [0.25, 0.3) is 0 Å². The van der Waals surface area contributed by atoms with Crippen LogP contribution in [0, 0.1) is 0 Å².